The first-order valence-electron chi connectivity index (χ1n) is 3.11. The minimum Gasteiger partial charge on any atom is -0.374 e. The van der Waals surface area contributed by atoms with E-state index in [9.17, 15) is 0 Å². The van der Waals surface area contributed by atoms with E-state index >= 15 is 0 Å². The summed E-state index contributed by atoms with van der Waals surface area (Å²) in [6, 6.07) is 0.269. The van der Waals surface area contributed by atoms with Crippen molar-refractivity contribution in [3.05, 3.63) is 0 Å². The molecule has 48 valence electrons. The molecular formula is C6H13NO. The molecule has 1 aliphatic heterocycles. The summed E-state index contributed by atoms with van der Waals surface area (Å²) in [6.07, 6.45) is 1.66. The minimum atomic E-state index is 0.269. The Morgan fingerprint density at radius 3 is 2.25 bits per heavy atom. The van der Waals surface area contributed by atoms with Crippen LogP contribution in [-0.2, 0) is 4.74 Å². The average molecular weight is 115 g/mol. The van der Waals surface area contributed by atoms with Crippen LogP contribution in [0.2, 0.25) is 0 Å². The van der Waals surface area contributed by atoms with Crippen molar-refractivity contribution in [2.45, 2.75) is 38.5 Å². The van der Waals surface area contributed by atoms with Gasteiger partial charge in [0, 0.05) is 6.04 Å². The standard InChI is InChI=1S/C6H13NO/c1-4-3-6(7)5(2)8-4/h4-6H,3,7H2,1-2H3/t4-,5-,6+/m1/s1. The molecule has 1 rings (SSSR count). The maximum absolute atomic E-state index is 5.64. The van der Waals surface area contributed by atoms with Gasteiger partial charge in [0.25, 0.3) is 0 Å². The van der Waals surface area contributed by atoms with Gasteiger partial charge in [-0.1, -0.05) is 0 Å². The van der Waals surface area contributed by atoms with Crippen LogP contribution in [0.1, 0.15) is 20.3 Å². The van der Waals surface area contributed by atoms with Crippen LogP contribution in [0.3, 0.4) is 0 Å². The van der Waals surface area contributed by atoms with Crippen LogP contribution in [0.25, 0.3) is 0 Å². The Labute approximate surface area is 50.0 Å². The molecule has 0 bridgehead atoms. The molecule has 1 saturated heterocycles. The first-order chi connectivity index (χ1) is 3.70. The van der Waals surface area contributed by atoms with Gasteiger partial charge >= 0.3 is 0 Å². The summed E-state index contributed by atoms with van der Waals surface area (Å²) >= 11 is 0. The molecule has 0 unspecified atom stereocenters. The lowest BCUT2D eigenvalue weighted by Crippen LogP contribution is -2.26. The highest BCUT2D eigenvalue weighted by Gasteiger charge is 2.25. The van der Waals surface area contributed by atoms with Gasteiger partial charge in [-0.15, -0.1) is 0 Å². The summed E-state index contributed by atoms with van der Waals surface area (Å²) in [7, 11) is 0. The van der Waals surface area contributed by atoms with Crippen molar-refractivity contribution < 1.29 is 4.74 Å². The molecule has 0 aliphatic carbocycles. The summed E-state index contributed by atoms with van der Waals surface area (Å²) in [6.45, 7) is 4.08. The van der Waals surface area contributed by atoms with Crippen molar-refractivity contribution in [1.29, 1.82) is 0 Å². The van der Waals surface area contributed by atoms with Gasteiger partial charge in [-0.2, -0.15) is 0 Å². The Kier molecular flexibility index (Phi) is 1.54. The second-order valence-corrected chi connectivity index (χ2v) is 2.55. The van der Waals surface area contributed by atoms with E-state index in [-0.39, 0.29) is 12.1 Å². The fourth-order valence-electron chi connectivity index (χ4n) is 1.10. The predicted octanol–water partition coefficient (Wildman–Crippen LogP) is 0.511. The van der Waals surface area contributed by atoms with Crippen molar-refractivity contribution in [3.63, 3.8) is 0 Å². The van der Waals surface area contributed by atoms with Gasteiger partial charge in [-0.25, -0.2) is 0 Å². The molecule has 0 aromatic carbocycles. The number of rotatable bonds is 0. The second-order valence-electron chi connectivity index (χ2n) is 2.55. The van der Waals surface area contributed by atoms with E-state index in [1.165, 1.54) is 0 Å². The molecule has 0 aromatic heterocycles. The third-order valence-corrected chi connectivity index (χ3v) is 1.65. The molecule has 0 aromatic rings. The highest BCUT2D eigenvalue weighted by molar-refractivity contribution is 4.79. The van der Waals surface area contributed by atoms with E-state index in [0.29, 0.717) is 6.10 Å². The predicted molar refractivity (Wildman–Crippen MR) is 32.6 cm³/mol. The van der Waals surface area contributed by atoms with Gasteiger partial charge in [0.05, 0.1) is 12.2 Å². The fraction of sp³-hybridized carbons (Fsp3) is 1.00. The zero-order valence-corrected chi connectivity index (χ0v) is 5.42. The topological polar surface area (TPSA) is 35.2 Å². The van der Waals surface area contributed by atoms with Crippen LogP contribution in [0.15, 0.2) is 0 Å². The molecule has 2 N–H and O–H groups in total. The quantitative estimate of drug-likeness (QED) is 0.499. The van der Waals surface area contributed by atoms with E-state index in [1.54, 1.807) is 0 Å². The van der Waals surface area contributed by atoms with Crippen molar-refractivity contribution in [3.8, 4) is 0 Å². The largest absolute Gasteiger partial charge is 0.374 e. The van der Waals surface area contributed by atoms with Gasteiger partial charge in [-0.05, 0) is 20.3 Å². The lowest BCUT2D eigenvalue weighted by atomic mass is 10.1. The number of hydrogen-bond acceptors (Lipinski definition) is 2. The highest BCUT2D eigenvalue weighted by atomic mass is 16.5. The summed E-state index contributed by atoms with van der Waals surface area (Å²) in [5.41, 5.74) is 5.64. The van der Waals surface area contributed by atoms with Crippen LogP contribution in [0.5, 0.6) is 0 Å². The second kappa shape index (κ2) is 2.03. The molecule has 0 spiro atoms. The molecule has 2 nitrogen and oxygen atoms in total. The summed E-state index contributed by atoms with van der Waals surface area (Å²) < 4.78 is 5.35. The highest BCUT2D eigenvalue weighted by Crippen LogP contribution is 2.16. The monoisotopic (exact) mass is 115 g/mol. The van der Waals surface area contributed by atoms with Gasteiger partial charge in [0.1, 0.15) is 0 Å². The summed E-state index contributed by atoms with van der Waals surface area (Å²) in [5, 5.41) is 0. The molecule has 0 radical (unpaired) electrons. The van der Waals surface area contributed by atoms with E-state index < -0.39 is 0 Å². The maximum Gasteiger partial charge on any atom is 0.0702 e. The molecule has 1 aliphatic rings. The van der Waals surface area contributed by atoms with Crippen LogP contribution < -0.4 is 5.73 Å². The zero-order chi connectivity index (χ0) is 6.15. The summed E-state index contributed by atoms with van der Waals surface area (Å²) in [5.74, 6) is 0. The van der Waals surface area contributed by atoms with Crippen LogP contribution in [0.4, 0.5) is 0 Å². The van der Waals surface area contributed by atoms with Crippen LogP contribution >= 0.6 is 0 Å². The van der Waals surface area contributed by atoms with Gasteiger partial charge < -0.3 is 10.5 Å². The van der Waals surface area contributed by atoms with Crippen LogP contribution in [0, 0.1) is 0 Å². The zero-order valence-electron chi connectivity index (χ0n) is 5.42. The maximum atomic E-state index is 5.64. The Morgan fingerprint density at radius 1 is 1.50 bits per heavy atom. The Balaban J connectivity index is 2.39. The Morgan fingerprint density at radius 2 is 2.12 bits per heavy atom. The lowest BCUT2D eigenvalue weighted by Gasteiger charge is -2.05. The van der Waals surface area contributed by atoms with Crippen LogP contribution in [-0.4, -0.2) is 18.2 Å². The third kappa shape index (κ3) is 1.01. The molecule has 2 heteroatoms. The van der Waals surface area contributed by atoms with E-state index in [0.717, 1.165) is 6.42 Å². The lowest BCUT2D eigenvalue weighted by molar-refractivity contribution is 0.0637. The van der Waals surface area contributed by atoms with Crippen molar-refractivity contribution >= 4 is 0 Å². The first kappa shape index (κ1) is 6.05. The molecule has 1 fully saturated rings. The molecule has 0 amide bonds. The fourth-order valence-corrected chi connectivity index (χ4v) is 1.10. The van der Waals surface area contributed by atoms with Gasteiger partial charge in [-0.3, -0.25) is 0 Å². The summed E-state index contributed by atoms with van der Waals surface area (Å²) in [4.78, 5) is 0. The molecule has 3 atom stereocenters. The molecular weight excluding hydrogens is 102 g/mol. The van der Waals surface area contributed by atoms with E-state index in [1.807, 2.05) is 6.92 Å². The number of hydrogen-bond donors (Lipinski definition) is 1. The molecule has 8 heavy (non-hydrogen) atoms. The number of nitrogens with two attached hydrogens (primary N) is 1. The van der Waals surface area contributed by atoms with Crippen molar-refractivity contribution in [2.24, 2.45) is 5.73 Å². The molecule has 1 heterocycles. The van der Waals surface area contributed by atoms with Crippen molar-refractivity contribution in [1.82, 2.24) is 0 Å². The van der Waals surface area contributed by atoms with Crippen molar-refractivity contribution in [2.75, 3.05) is 0 Å². The normalized spacial score (nSPS) is 47.6. The number of ether oxygens (including phenoxy) is 1. The van der Waals surface area contributed by atoms with Gasteiger partial charge in [0.2, 0.25) is 0 Å². The smallest absolute Gasteiger partial charge is 0.0702 e. The van der Waals surface area contributed by atoms with E-state index in [2.05, 4.69) is 6.92 Å². The minimum absolute atomic E-state index is 0.269. The molecule has 0 saturated carbocycles. The average Bonchev–Trinajstić information content (AvgIpc) is 1.85. The van der Waals surface area contributed by atoms with Gasteiger partial charge in [0.15, 0.2) is 0 Å². The van der Waals surface area contributed by atoms with E-state index in [4.69, 9.17) is 10.5 Å². The Bertz CT molecular complexity index is 74.6. The third-order valence-electron chi connectivity index (χ3n) is 1.65. The SMILES string of the molecule is C[C@@H]1C[C@H](N)[C@@H](C)O1. The first-order valence-corrected chi connectivity index (χ1v) is 3.11. The Hall–Kier alpha value is -0.0800.